The first-order valence-corrected chi connectivity index (χ1v) is 8.54. The van der Waals surface area contributed by atoms with Crippen molar-refractivity contribution in [2.45, 2.75) is 6.54 Å². The minimum atomic E-state index is -0.829. The molecule has 0 unspecified atom stereocenters. The highest BCUT2D eigenvalue weighted by Crippen LogP contribution is 2.32. The number of aromatic hydroxyl groups is 1. The van der Waals surface area contributed by atoms with Crippen LogP contribution in [0.5, 0.6) is 17.4 Å². The van der Waals surface area contributed by atoms with Gasteiger partial charge in [0.1, 0.15) is 22.9 Å². The molecule has 0 aliphatic carbocycles. The lowest BCUT2D eigenvalue weighted by Gasteiger charge is -2.16. The second kappa shape index (κ2) is 10.8. The van der Waals surface area contributed by atoms with E-state index in [1.807, 2.05) is 31.1 Å². The van der Waals surface area contributed by atoms with Crippen LogP contribution in [0, 0.1) is 5.82 Å². The second-order valence-electron chi connectivity index (χ2n) is 6.58. The number of hydrogen-bond acceptors (Lipinski definition) is 5. The molecule has 6 nitrogen and oxygen atoms in total. The third-order valence-corrected chi connectivity index (χ3v) is 4.02. The molecule has 2 aromatic carbocycles. The molecule has 160 valence electrons. The molecule has 0 atom stereocenters. The summed E-state index contributed by atoms with van der Waals surface area (Å²) in [5.41, 5.74) is 7.88. The highest BCUT2D eigenvalue weighted by atomic mass is 35.5. The monoisotopic (exact) mass is 453 g/mol. The van der Waals surface area contributed by atoms with Crippen molar-refractivity contribution in [3.63, 3.8) is 0 Å². The number of primary amides is 1. The van der Waals surface area contributed by atoms with Crippen LogP contribution in [-0.4, -0.2) is 35.0 Å². The SMILES string of the molecule is CN(C)Cc1cc(O)ccc1-c1cccc(Oc2ncc(F)cc2C(N)=O)c1.Cl.Cl. The number of halogens is 3. The lowest BCUT2D eigenvalue weighted by molar-refractivity contribution is 0.0997. The van der Waals surface area contributed by atoms with E-state index in [0.29, 0.717) is 12.3 Å². The Kier molecular flexibility index (Phi) is 9.04. The van der Waals surface area contributed by atoms with Crippen molar-refractivity contribution in [3.8, 4) is 28.5 Å². The Balaban J connectivity index is 0.00000225. The number of phenolic OH excluding ortho intramolecular Hbond substituents is 1. The van der Waals surface area contributed by atoms with E-state index in [4.69, 9.17) is 10.5 Å². The number of amides is 1. The summed E-state index contributed by atoms with van der Waals surface area (Å²) in [7, 11) is 3.89. The van der Waals surface area contributed by atoms with Gasteiger partial charge in [-0.05, 0) is 61.1 Å². The van der Waals surface area contributed by atoms with E-state index in [2.05, 4.69) is 4.98 Å². The zero-order chi connectivity index (χ0) is 20.3. The fraction of sp³-hybridized carbons (Fsp3) is 0.143. The molecule has 0 radical (unpaired) electrons. The first-order valence-electron chi connectivity index (χ1n) is 8.54. The summed E-state index contributed by atoms with van der Waals surface area (Å²) < 4.78 is 19.1. The smallest absolute Gasteiger partial charge is 0.254 e. The summed E-state index contributed by atoms with van der Waals surface area (Å²) in [6.45, 7) is 0.639. The summed E-state index contributed by atoms with van der Waals surface area (Å²) in [5.74, 6) is -0.958. The molecular formula is C21H22Cl2FN3O3. The van der Waals surface area contributed by atoms with Gasteiger partial charge < -0.3 is 20.5 Å². The average Bonchev–Trinajstić information content (AvgIpc) is 2.63. The van der Waals surface area contributed by atoms with E-state index in [9.17, 15) is 14.3 Å². The molecule has 0 spiro atoms. The predicted octanol–water partition coefficient (Wildman–Crippen LogP) is 4.39. The molecule has 1 heterocycles. The van der Waals surface area contributed by atoms with Gasteiger partial charge in [0.05, 0.1) is 6.20 Å². The number of nitrogens with two attached hydrogens (primary N) is 1. The minimum absolute atomic E-state index is 0. The molecule has 0 fully saturated rings. The average molecular weight is 454 g/mol. The lowest BCUT2D eigenvalue weighted by Crippen LogP contribution is -2.13. The van der Waals surface area contributed by atoms with E-state index in [-0.39, 0.29) is 42.0 Å². The summed E-state index contributed by atoms with van der Waals surface area (Å²) in [6, 6.07) is 13.3. The van der Waals surface area contributed by atoms with Gasteiger partial charge in [-0.15, -0.1) is 24.8 Å². The van der Waals surface area contributed by atoms with Crippen LogP contribution in [0.4, 0.5) is 4.39 Å². The Morgan fingerprint density at radius 1 is 1.17 bits per heavy atom. The summed E-state index contributed by atoms with van der Waals surface area (Å²) in [6.07, 6.45) is 0.959. The van der Waals surface area contributed by atoms with E-state index in [1.54, 1.807) is 30.3 Å². The number of phenols is 1. The quantitative estimate of drug-likeness (QED) is 0.577. The molecule has 3 aromatic rings. The highest BCUT2D eigenvalue weighted by Gasteiger charge is 2.14. The van der Waals surface area contributed by atoms with E-state index >= 15 is 0 Å². The number of hydrogen-bond donors (Lipinski definition) is 2. The maximum atomic E-state index is 13.4. The maximum Gasteiger partial charge on any atom is 0.254 e. The normalized spacial score (nSPS) is 10.1. The van der Waals surface area contributed by atoms with Crippen molar-refractivity contribution in [1.29, 1.82) is 0 Å². The first kappa shape index (κ1) is 25.2. The third-order valence-electron chi connectivity index (χ3n) is 4.02. The minimum Gasteiger partial charge on any atom is -0.508 e. The molecule has 0 aliphatic rings. The molecule has 3 N–H and O–H groups in total. The van der Waals surface area contributed by atoms with Crippen LogP contribution in [0.2, 0.25) is 0 Å². The Morgan fingerprint density at radius 2 is 1.90 bits per heavy atom. The molecule has 0 aliphatic heterocycles. The van der Waals surface area contributed by atoms with Gasteiger partial charge in [0, 0.05) is 6.54 Å². The fourth-order valence-electron chi connectivity index (χ4n) is 2.86. The lowest BCUT2D eigenvalue weighted by atomic mass is 9.99. The number of rotatable bonds is 6. The molecule has 1 aromatic heterocycles. The van der Waals surface area contributed by atoms with E-state index < -0.39 is 11.7 Å². The van der Waals surface area contributed by atoms with Gasteiger partial charge >= 0.3 is 0 Å². The Bertz CT molecular complexity index is 1030. The van der Waals surface area contributed by atoms with Gasteiger partial charge in [0.2, 0.25) is 5.88 Å². The van der Waals surface area contributed by atoms with Gasteiger partial charge in [-0.2, -0.15) is 0 Å². The van der Waals surface area contributed by atoms with Crippen molar-refractivity contribution in [1.82, 2.24) is 9.88 Å². The highest BCUT2D eigenvalue weighted by molar-refractivity contribution is 5.95. The molecular weight excluding hydrogens is 432 g/mol. The van der Waals surface area contributed by atoms with Crippen molar-refractivity contribution in [3.05, 3.63) is 71.7 Å². The number of carbonyl (C=O) groups excluding carboxylic acids is 1. The molecule has 0 saturated carbocycles. The van der Waals surface area contributed by atoms with Crippen molar-refractivity contribution < 1.29 is 19.0 Å². The Labute approximate surface area is 186 Å². The predicted molar refractivity (Wildman–Crippen MR) is 118 cm³/mol. The van der Waals surface area contributed by atoms with Crippen molar-refractivity contribution in [2.24, 2.45) is 5.73 Å². The molecule has 3 rings (SSSR count). The number of carbonyl (C=O) groups is 1. The van der Waals surface area contributed by atoms with Crippen LogP contribution in [0.1, 0.15) is 15.9 Å². The number of benzene rings is 2. The van der Waals surface area contributed by atoms with Crippen LogP contribution in [0.3, 0.4) is 0 Å². The molecule has 9 heteroatoms. The van der Waals surface area contributed by atoms with Gasteiger partial charge in [-0.1, -0.05) is 18.2 Å². The zero-order valence-electron chi connectivity index (χ0n) is 16.3. The van der Waals surface area contributed by atoms with Crippen molar-refractivity contribution in [2.75, 3.05) is 14.1 Å². The van der Waals surface area contributed by atoms with Gasteiger partial charge in [0.15, 0.2) is 0 Å². The number of nitrogens with zero attached hydrogens (tertiary/aromatic N) is 2. The van der Waals surface area contributed by atoms with Gasteiger partial charge in [0.25, 0.3) is 5.91 Å². The van der Waals surface area contributed by atoms with E-state index in [1.165, 1.54) is 0 Å². The van der Waals surface area contributed by atoms with Crippen LogP contribution >= 0.6 is 24.8 Å². The van der Waals surface area contributed by atoms with Crippen LogP contribution in [0.25, 0.3) is 11.1 Å². The van der Waals surface area contributed by atoms with E-state index in [0.717, 1.165) is 29.0 Å². The molecule has 30 heavy (non-hydrogen) atoms. The number of aromatic nitrogens is 1. The third kappa shape index (κ3) is 6.06. The van der Waals surface area contributed by atoms with Crippen LogP contribution in [0.15, 0.2) is 54.7 Å². The first-order chi connectivity index (χ1) is 13.3. The molecule has 0 saturated heterocycles. The Morgan fingerprint density at radius 3 is 2.57 bits per heavy atom. The summed E-state index contributed by atoms with van der Waals surface area (Å²) >= 11 is 0. The topological polar surface area (TPSA) is 88.7 Å². The van der Waals surface area contributed by atoms with Gasteiger partial charge in [-0.25, -0.2) is 9.37 Å². The van der Waals surface area contributed by atoms with Crippen LogP contribution < -0.4 is 10.5 Å². The summed E-state index contributed by atoms with van der Waals surface area (Å²) in [4.78, 5) is 17.4. The molecule has 1 amide bonds. The number of ether oxygens (including phenoxy) is 1. The zero-order valence-corrected chi connectivity index (χ0v) is 18.0. The van der Waals surface area contributed by atoms with Crippen LogP contribution in [-0.2, 0) is 6.54 Å². The standard InChI is InChI=1S/C21H20FN3O3.2ClH/c1-25(2)12-14-8-16(26)6-7-18(14)13-4-3-5-17(9-13)28-21-19(20(23)27)10-15(22)11-24-21;;/h3-11,26H,12H2,1-2H3,(H2,23,27);2*1H. The largest absolute Gasteiger partial charge is 0.508 e. The summed E-state index contributed by atoms with van der Waals surface area (Å²) in [5, 5.41) is 9.83. The van der Waals surface area contributed by atoms with Gasteiger partial charge in [-0.3, -0.25) is 4.79 Å². The second-order valence-corrected chi connectivity index (χ2v) is 6.58. The number of pyridine rings is 1. The maximum absolute atomic E-state index is 13.4. The molecule has 0 bridgehead atoms. The fourth-order valence-corrected chi connectivity index (χ4v) is 2.86. The van der Waals surface area contributed by atoms with Crippen molar-refractivity contribution >= 4 is 30.7 Å². The Hall–Kier alpha value is -2.87.